The third kappa shape index (κ3) is 3.06. The molecule has 0 aliphatic carbocycles. The van der Waals surface area contributed by atoms with E-state index in [1.165, 1.54) is 12.1 Å². The molecule has 2 N–H and O–H groups in total. The van der Waals surface area contributed by atoms with Crippen molar-refractivity contribution in [2.75, 3.05) is 5.32 Å². The number of nitrogens with one attached hydrogen (secondary N) is 1. The molecule has 1 atom stereocenters. The van der Waals surface area contributed by atoms with Gasteiger partial charge in [-0.1, -0.05) is 17.7 Å². The second kappa shape index (κ2) is 5.83. The topological polar surface area (TPSA) is 67.2 Å². The van der Waals surface area contributed by atoms with Crippen LogP contribution in [0.4, 0.5) is 10.1 Å². The highest BCUT2D eigenvalue weighted by Crippen LogP contribution is 2.24. The summed E-state index contributed by atoms with van der Waals surface area (Å²) in [5, 5.41) is 16.9. The van der Waals surface area contributed by atoms with E-state index in [4.69, 9.17) is 11.6 Å². The first-order valence-corrected chi connectivity index (χ1v) is 6.63. The number of aliphatic hydroxyl groups is 1. The number of carbonyl (C=O) groups is 1. The molecule has 0 saturated carbocycles. The maximum Gasteiger partial charge on any atom is 0.258 e. The van der Waals surface area contributed by atoms with Gasteiger partial charge in [0.05, 0.1) is 17.1 Å². The van der Waals surface area contributed by atoms with Crippen molar-refractivity contribution in [2.45, 2.75) is 20.0 Å². The van der Waals surface area contributed by atoms with E-state index in [2.05, 4.69) is 10.4 Å². The molecule has 0 spiro atoms. The number of hydrogen-bond donors (Lipinski definition) is 2. The summed E-state index contributed by atoms with van der Waals surface area (Å²) in [5.41, 5.74) is 1.74. The number of rotatable bonds is 3. The smallest absolute Gasteiger partial charge is 0.258 e. The fourth-order valence-electron chi connectivity index (χ4n) is 2.01. The standard InChI is InChI=1S/C14H15ClFN3O2/c1-7-12(8(2)19(3)18-7)17-14(21)13(20)10-5-4-9(15)6-11(10)16/h4-6,13,20H,1-3H3,(H,17,21). The molecule has 1 amide bonds. The third-order valence-electron chi connectivity index (χ3n) is 3.26. The summed E-state index contributed by atoms with van der Waals surface area (Å²) < 4.78 is 15.3. The van der Waals surface area contributed by atoms with Crippen molar-refractivity contribution < 1.29 is 14.3 Å². The second-order valence-corrected chi connectivity index (χ2v) is 5.16. The van der Waals surface area contributed by atoms with Gasteiger partial charge in [0.25, 0.3) is 5.91 Å². The summed E-state index contributed by atoms with van der Waals surface area (Å²) in [6, 6.07) is 3.75. The number of aliphatic hydroxyl groups excluding tert-OH is 1. The lowest BCUT2D eigenvalue weighted by Gasteiger charge is -2.13. The Morgan fingerprint density at radius 2 is 2.14 bits per heavy atom. The van der Waals surface area contributed by atoms with Crippen LogP contribution in [0.2, 0.25) is 5.02 Å². The number of hydrogen-bond acceptors (Lipinski definition) is 3. The van der Waals surface area contributed by atoms with Gasteiger partial charge in [-0.25, -0.2) is 4.39 Å². The Morgan fingerprint density at radius 3 is 2.67 bits per heavy atom. The Bertz CT molecular complexity index is 700. The van der Waals surface area contributed by atoms with Crippen LogP contribution < -0.4 is 5.32 Å². The van der Waals surface area contributed by atoms with Crippen molar-refractivity contribution in [3.8, 4) is 0 Å². The minimum Gasteiger partial charge on any atom is -0.378 e. The summed E-state index contributed by atoms with van der Waals surface area (Å²) in [5.74, 6) is -1.46. The zero-order chi connectivity index (χ0) is 15.7. The first-order valence-electron chi connectivity index (χ1n) is 6.25. The van der Waals surface area contributed by atoms with Gasteiger partial charge in [-0.3, -0.25) is 9.48 Å². The fourth-order valence-corrected chi connectivity index (χ4v) is 2.17. The van der Waals surface area contributed by atoms with Crippen molar-refractivity contribution in [3.05, 3.63) is 46.0 Å². The molecule has 0 aliphatic heterocycles. The summed E-state index contributed by atoms with van der Waals surface area (Å²) in [7, 11) is 1.74. The fraction of sp³-hybridized carbons (Fsp3) is 0.286. The molecule has 5 nitrogen and oxygen atoms in total. The summed E-state index contributed by atoms with van der Waals surface area (Å²) >= 11 is 5.64. The monoisotopic (exact) mass is 311 g/mol. The van der Waals surface area contributed by atoms with Gasteiger partial charge >= 0.3 is 0 Å². The van der Waals surface area contributed by atoms with Crippen LogP contribution in [0, 0.1) is 19.7 Å². The van der Waals surface area contributed by atoms with Gasteiger partial charge in [-0.2, -0.15) is 5.10 Å². The van der Waals surface area contributed by atoms with Crippen LogP contribution in [0.25, 0.3) is 0 Å². The van der Waals surface area contributed by atoms with Gasteiger partial charge in [0.1, 0.15) is 5.82 Å². The van der Waals surface area contributed by atoms with Crippen molar-refractivity contribution in [1.82, 2.24) is 9.78 Å². The number of anilines is 1. The van der Waals surface area contributed by atoms with Crippen molar-refractivity contribution >= 4 is 23.2 Å². The average Bonchev–Trinajstić information content (AvgIpc) is 2.64. The van der Waals surface area contributed by atoms with E-state index < -0.39 is 17.8 Å². The van der Waals surface area contributed by atoms with E-state index in [-0.39, 0.29) is 10.6 Å². The molecule has 1 heterocycles. The summed E-state index contributed by atoms with van der Waals surface area (Å²) in [6.45, 7) is 3.52. The highest BCUT2D eigenvalue weighted by atomic mass is 35.5. The molecular weight excluding hydrogens is 297 g/mol. The molecule has 1 aromatic heterocycles. The lowest BCUT2D eigenvalue weighted by molar-refractivity contribution is -0.124. The largest absolute Gasteiger partial charge is 0.378 e. The Morgan fingerprint density at radius 1 is 1.48 bits per heavy atom. The highest BCUT2D eigenvalue weighted by molar-refractivity contribution is 6.30. The van der Waals surface area contributed by atoms with Crippen molar-refractivity contribution in [1.29, 1.82) is 0 Å². The number of nitrogens with zero attached hydrogens (tertiary/aromatic N) is 2. The molecule has 7 heteroatoms. The average molecular weight is 312 g/mol. The lowest BCUT2D eigenvalue weighted by atomic mass is 10.1. The minimum atomic E-state index is -1.62. The first-order chi connectivity index (χ1) is 9.81. The maximum atomic E-state index is 13.7. The van der Waals surface area contributed by atoms with E-state index in [0.717, 1.165) is 11.8 Å². The Labute approximate surface area is 126 Å². The van der Waals surface area contributed by atoms with Crippen LogP contribution in [0.1, 0.15) is 23.1 Å². The predicted octanol–water partition coefficient (Wildman–Crippen LogP) is 2.50. The molecule has 2 rings (SSSR count). The molecule has 0 bridgehead atoms. The number of aromatic nitrogens is 2. The van der Waals surface area contributed by atoms with Gasteiger partial charge in [-0.15, -0.1) is 0 Å². The van der Waals surface area contributed by atoms with Crippen molar-refractivity contribution in [3.63, 3.8) is 0 Å². The van der Waals surface area contributed by atoms with E-state index in [0.29, 0.717) is 11.4 Å². The van der Waals surface area contributed by atoms with E-state index in [1.54, 1.807) is 25.6 Å². The summed E-state index contributed by atoms with van der Waals surface area (Å²) in [4.78, 5) is 12.1. The van der Waals surface area contributed by atoms with Gasteiger partial charge in [0.2, 0.25) is 0 Å². The maximum absolute atomic E-state index is 13.7. The SMILES string of the molecule is Cc1nn(C)c(C)c1NC(=O)C(O)c1ccc(Cl)cc1F. The lowest BCUT2D eigenvalue weighted by Crippen LogP contribution is -2.22. The van der Waals surface area contributed by atoms with Crippen LogP contribution >= 0.6 is 11.6 Å². The molecule has 21 heavy (non-hydrogen) atoms. The van der Waals surface area contributed by atoms with Gasteiger partial charge in [-0.05, 0) is 26.0 Å². The van der Waals surface area contributed by atoms with Crippen LogP contribution in [0.3, 0.4) is 0 Å². The Balaban J connectivity index is 2.23. The number of aryl methyl sites for hydroxylation is 2. The molecule has 112 valence electrons. The quantitative estimate of drug-likeness (QED) is 0.915. The molecule has 1 aromatic carbocycles. The van der Waals surface area contributed by atoms with Gasteiger partial charge in [0.15, 0.2) is 6.10 Å². The molecule has 2 aromatic rings. The molecular formula is C14H15ClFN3O2. The predicted molar refractivity (Wildman–Crippen MR) is 77.7 cm³/mol. The summed E-state index contributed by atoms with van der Waals surface area (Å²) in [6.07, 6.45) is -1.62. The molecule has 0 saturated heterocycles. The number of halogens is 2. The molecule has 0 aliphatic rings. The van der Waals surface area contributed by atoms with E-state index in [1.807, 2.05) is 0 Å². The van der Waals surface area contributed by atoms with Crippen molar-refractivity contribution in [2.24, 2.45) is 7.05 Å². The number of benzene rings is 1. The first kappa shape index (κ1) is 15.5. The minimum absolute atomic E-state index is 0.129. The van der Waals surface area contributed by atoms with Gasteiger partial charge < -0.3 is 10.4 Å². The number of carbonyl (C=O) groups excluding carboxylic acids is 1. The van der Waals surface area contributed by atoms with E-state index >= 15 is 0 Å². The third-order valence-corrected chi connectivity index (χ3v) is 3.50. The number of amides is 1. The van der Waals surface area contributed by atoms with Crippen LogP contribution in [0.15, 0.2) is 18.2 Å². The zero-order valence-electron chi connectivity index (χ0n) is 11.8. The van der Waals surface area contributed by atoms with Crippen LogP contribution in [-0.4, -0.2) is 20.8 Å². The van der Waals surface area contributed by atoms with E-state index in [9.17, 15) is 14.3 Å². The second-order valence-electron chi connectivity index (χ2n) is 4.73. The van der Waals surface area contributed by atoms with Gasteiger partial charge in [0, 0.05) is 17.6 Å². The molecule has 0 fully saturated rings. The Kier molecular flexibility index (Phi) is 4.29. The molecule has 0 radical (unpaired) electrons. The normalized spacial score (nSPS) is 12.3. The Hall–Kier alpha value is -1.92. The highest BCUT2D eigenvalue weighted by Gasteiger charge is 2.23. The molecule has 1 unspecified atom stereocenters. The van der Waals surface area contributed by atoms with Crippen LogP contribution in [0.5, 0.6) is 0 Å². The zero-order valence-corrected chi connectivity index (χ0v) is 12.6. The van der Waals surface area contributed by atoms with Crippen LogP contribution in [-0.2, 0) is 11.8 Å².